The van der Waals surface area contributed by atoms with E-state index in [2.05, 4.69) is 5.32 Å². The van der Waals surface area contributed by atoms with Crippen LogP contribution in [0.15, 0.2) is 48.5 Å². The maximum absolute atomic E-state index is 11.8. The Labute approximate surface area is 169 Å². The van der Waals surface area contributed by atoms with E-state index >= 15 is 0 Å². The molecule has 0 aromatic heterocycles. The Bertz CT molecular complexity index is 835. The summed E-state index contributed by atoms with van der Waals surface area (Å²) in [6.07, 6.45) is -5.96. The maximum Gasteiger partial charge on any atom is 0.226 e. The first kappa shape index (κ1) is 21.4. The molecule has 1 amide bonds. The summed E-state index contributed by atoms with van der Waals surface area (Å²) in [6, 6.07) is 14.7. The number of rotatable bonds is 5. The van der Waals surface area contributed by atoms with Gasteiger partial charge in [-0.25, -0.2) is 0 Å². The van der Waals surface area contributed by atoms with Crippen molar-refractivity contribution in [3.63, 3.8) is 0 Å². The van der Waals surface area contributed by atoms with Crippen LogP contribution in [-0.2, 0) is 9.53 Å². The Kier molecular flexibility index (Phi) is 6.66. The minimum absolute atomic E-state index is 0.0534. The van der Waals surface area contributed by atoms with Crippen LogP contribution in [0.3, 0.4) is 0 Å². The van der Waals surface area contributed by atoms with Crippen LogP contribution < -0.4 is 5.32 Å². The minimum Gasteiger partial charge on any atom is -0.394 e. The summed E-state index contributed by atoms with van der Waals surface area (Å²) >= 11 is 0. The molecule has 7 heteroatoms. The van der Waals surface area contributed by atoms with E-state index in [4.69, 9.17) is 4.74 Å². The summed E-state index contributed by atoms with van der Waals surface area (Å²) < 4.78 is 5.64. The lowest BCUT2D eigenvalue weighted by Crippen LogP contribution is -2.55. The second-order valence-electron chi connectivity index (χ2n) is 7.60. The third kappa shape index (κ3) is 4.66. The zero-order chi connectivity index (χ0) is 21.1. The highest BCUT2D eigenvalue weighted by atomic mass is 16.5. The van der Waals surface area contributed by atoms with Gasteiger partial charge >= 0.3 is 0 Å². The summed E-state index contributed by atoms with van der Waals surface area (Å²) in [5.74, 6) is -0.160. The fourth-order valence-corrected chi connectivity index (χ4v) is 3.30. The van der Waals surface area contributed by atoms with Gasteiger partial charge in [-0.3, -0.25) is 4.79 Å². The molecular weight excluding hydrogens is 374 g/mol. The molecule has 1 saturated heterocycles. The number of anilines is 1. The van der Waals surface area contributed by atoms with E-state index in [1.807, 2.05) is 50.2 Å². The van der Waals surface area contributed by atoms with Crippen LogP contribution in [0.2, 0.25) is 0 Å². The number of hydrogen-bond acceptors (Lipinski definition) is 6. The van der Waals surface area contributed by atoms with Crippen LogP contribution in [0, 0.1) is 5.92 Å². The van der Waals surface area contributed by atoms with Crippen LogP contribution in [-0.4, -0.2) is 57.4 Å². The van der Waals surface area contributed by atoms with E-state index in [1.165, 1.54) is 0 Å². The van der Waals surface area contributed by atoms with Crippen molar-refractivity contribution in [3.8, 4) is 11.1 Å². The van der Waals surface area contributed by atoms with Gasteiger partial charge in [0.15, 0.2) is 0 Å². The molecule has 0 unspecified atom stereocenters. The predicted molar refractivity (Wildman–Crippen MR) is 108 cm³/mol. The van der Waals surface area contributed by atoms with E-state index in [-0.39, 0.29) is 11.8 Å². The molecule has 1 aliphatic rings. The first-order chi connectivity index (χ1) is 13.8. The monoisotopic (exact) mass is 401 g/mol. The molecule has 29 heavy (non-hydrogen) atoms. The van der Waals surface area contributed by atoms with Gasteiger partial charge in [0.2, 0.25) is 5.91 Å². The van der Waals surface area contributed by atoms with Crippen LogP contribution >= 0.6 is 0 Å². The third-order valence-corrected chi connectivity index (χ3v) is 5.12. The second kappa shape index (κ2) is 9.02. The van der Waals surface area contributed by atoms with Crippen molar-refractivity contribution in [2.75, 3.05) is 11.9 Å². The molecule has 0 spiro atoms. The van der Waals surface area contributed by atoms with E-state index in [1.54, 1.807) is 12.1 Å². The number of amides is 1. The molecular formula is C22H27NO6. The zero-order valence-electron chi connectivity index (χ0n) is 16.4. The van der Waals surface area contributed by atoms with E-state index in [0.717, 1.165) is 11.1 Å². The number of hydrogen-bond donors (Lipinski definition) is 5. The van der Waals surface area contributed by atoms with Gasteiger partial charge in [0.05, 0.1) is 6.61 Å². The predicted octanol–water partition coefficient (Wildman–Crippen LogP) is 1.46. The average Bonchev–Trinajstić information content (AvgIpc) is 2.73. The van der Waals surface area contributed by atoms with E-state index in [0.29, 0.717) is 11.3 Å². The second-order valence-corrected chi connectivity index (χ2v) is 7.60. The van der Waals surface area contributed by atoms with Crippen LogP contribution in [0.25, 0.3) is 11.1 Å². The van der Waals surface area contributed by atoms with Crippen LogP contribution in [0.4, 0.5) is 5.69 Å². The van der Waals surface area contributed by atoms with Crippen molar-refractivity contribution in [1.29, 1.82) is 0 Å². The van der Waals surface area contributed by atoms with Crippen LogP contribution in [0.1, 0.15) is 25.5 Å². The first-order valence-corrected chi connectivity index (χ1v) is 9.63. The zero-order valence-corrected chi connectivity index (χ0v) is 16.4. The Balaban J connectivity index is 1.81. The number of carbonyl (C=O) groups is 1. The average molecular weight is 401 g/mol. The number of benzene rings is 2. The summed E-state index contributed by atoms with van der Waals surface area (Å²) in [6.45, 7) is 3.19. The molecule has 7 nitrogen and oxygen atoms in total. The van der Waals surface area contributed by atoms with Gasteiger partial charge in [-0.1, -0.05) is 44.2 Å². The van der Waals surface area contributed by atoms with Gasteiger partial charge < -0.3 is 30.5 Å². The SMILES string of the molecule is CC(C)C(=O)Nc1ccc(-c2cccc([C@H]3O[C@H](CO)[C@@H](O)[C@H](O)[C@H]3O)c2)cc1. The fraction of sp³-hybridized carbons (Fsp3) is 0.409. The van der Waals surface area contributed by atoms with Gasteiger partial charge in [0, 0.05) is 11.6 Å². The lowest BCUT2D eigenvalue weighted by molar-refractivity contribution is -0.231. The summed E-state index contributed by atoms with van der Waals surface area (Å²) in [4.78, 5) is 11.8. The molecule has 1 aliphatic heterocycles. The van der Waals surface area contributed by atoms with Crippen molar-refractivity contribution in [3.05, 3.63) is 54.1 Å². The molecule has 2 aromatic rings. The highest BCUT2D eigenvalue weighted by Crippen LogP contribution is 2.34. The highest BCUT2D eigenvalue weighted by molar-refractivity contribution is 5.92. The highest BCUT2D eigenvalue weighted by Gasteiger charge is 2.43. The molecule has 0 aliphatic carbocycles. The van der Waals surface area contributed by atoms with E-state index < -0.39 is 37.1 Å². The Morgan fingerprint density at radius 1 is 1.00 bits per heavy atom. The number of nitrogens with one attached hydrogen (secondary N) is 1. The molecule has 0 bridgehead atoms. The minimum atomic E-state index is -1.42. The van der Waals surface area contributed by atoms with Gasteiger partial charge in [0.1, 0.15) is 30.5 Å². The molecule has 5 atom stereocenters. The Morgan fingerprint density at radius 2 is 1.69 bits per heavy atom. The van der Waals surface area contributed by atoms with Crippen LogP contribution in [0.5, 0.6) is 0 Å². The maximum atomic E-state index is 11.8. The quantitative estimate of drug-likeness (QED) is 0.518. The number of aliphatic hydroxyl groups excluding tert-OH is 4. The summed E-state index contributed by atoms with van der Waals surface area (Å²) in [7, 11) is 0. The number of aliphatic hydroxyl groups is 4. The van der Waals surface area contributed by atoms with E-state index in [9.17, 15) is 25.2 Å². The first-order valence-electron chi connectivity index (χ1n) is 9.63. The van der Waals surface area contributed by atoms with Gasteiger partial charge in [-0.15, -0.1) is 0 Å². The molecule has 5 N–H and O–H groups in total. The molecule has 1 heterocycles. The lowest BCUT2D eigenvalue weighted by Gasteiger charge is -2.40. The third-order valence-electron chi connectivity index (χ3n) is 5.12. The van der Waals surface area contributed by atoms with Crippen molar-refractivity contribution >= 4 is 11.6 Å². The van der Waals surface area contributed by atoms with Crippen molar-refractivity contribution in [2.24, 2.45) is 5.92 Å². The number of ether oxygens (including phenoxy) is 1. The molecule has 1 fully saturated rings. The molecule has 3 rings (SSSR count). The van der Waals surface area contributed by atoms with Gasteiger partial charge in [-0.05, 0) is 34.9 Å². The van der Waals surface area contributed by atoms with Gasteiger partial charge in [0.25, 0.3) is 0 Å². The summed E-state index contributed by atoms with van der Waals surface area (Å²) in [5, 5.41) is 42.5. The lowest BCUT2D eigenvalue weighted by atomic mass is 9.90. The molecule has 0 saturated carbocycles. The Morgan fingerprint density at radius 3 is 2.31 bits per heavy atom. The topological polar surface area (TPSA) is 119 Å². The number of carbonyl (C=O) groups excluding carboxylic acids is 1. The fourth-order valence-electron chi connectivity index (χ4n) is 3.30. The largest absolute Gasteiger partial charge is 0.394 e. The molecule has 156 valence electrons. The standard InChI is InChI=1S/C22H27NO6/c1-12(2)22(28)23-16-8-6-13(7-9-16)14-4-3-5-15(10-14)21-20(27)19(26)18(25)17(11-24)29-21/h3-10,12,17-21,24-27H,11H2,1-2H3,(H,23,28)/t17-,18-,19+,20-,21-/m1/s1. The normalized spacial score (nSPS) is 27.1. The van der Waals surface area contributed by atoms with Crippen molar-refractivity contribution in [2.45, 2.75) is 44.4 Å². The molecule has 2 aromatic carbocycles. The molecule has 0 radical (unpaired) electrons. The summed E-state index contributed by atoms with van der Waals surface area (Å²) in [5.41, 5.74) is 3.09. The van der Waals surface area contributed by atoms with Crippen molar-refractivity contribution in [1.82, 2.24) is 0 Å². The smallest absolute Gasteiger partial charge is 0.226 e. The Hall–Kier alpha value is -2.29. The van der Waals surface area contributed by atoms with Crippen molar-refractivity contribution < 1.29 is 30.0 Å². The van der Waals surface area contributed by atoms with Gasteiger partial charge in [-0.2, -0.15) is 0 Å².